The van der Waals surface area contributed by atoms with E-state index in [4.69, 9.17) is 5.26 Å². The molecule has 0 saturated carbocycles. The second-order valence-corrected chi connectivity index (χ2v) is 6.82. The van der Waals surface area contributed by atoms with Crippen LogP contribution < -0.4 is 0 Å². The zero-order valence-electron chi connectivity index (χ0n) is 12.4. The van der Waals surface area contributed by atoms with Crippen molar-refractivity contribution in [1.82, 2.24) is 0 Å². The fraction of sp³-hybridized carbons (Fsp3) is 0.562. The highest BCUT2D eigenvalue weighted by atomic mass is 17.1. The van der Waals surface area contributed by atoms with Gasteiger partial charge in [0.05, 0.1) is 5.92 Å². The maximum Gasteiger partial charge on any atom is 0.346 e. The van der Waals surface area contributed by atoms with Crippen molar-refractivity contribution in [2.75, 3.05) is 0 Å². The normalized spacial score (nSPS) is 14.0. The highest BCUT2D eigenvalue weighted by Crippen LogP contribution is 2.39. The molecule has 1 aromatic rings. The Balaban J connectivity index is 3.13. The second-order valence-electron chi connectivity index (χ2n) is 6.82. The first-order valence-corrected chi connectivity index (χ1v) is 6.59. The lowest BCUT2D eigenvalue weighted by Crippen LogP contribution is -2.38. The SMILES string of the molecule is CC(C)(C)CC(C(=O)OO)C(C)(C)c1ccccc1. The Bertz CT molecular complexity index is 415. The van der Waals surface area contributed by atoms with Crippen LogP contribution in [0.2, 0.25) is 0 Å². The summed E-state index contributed by atoms with van der Waals surface area (Å²) in [5.74, 6) is -0.955. The molecule has 0 aliphatic carbocycles. The molecule has 0 aliphatic heterocycles. The molecule has 0 aromatic heterocycles. The van der Waals surface area contributed by atoms with Gasteiger partial charge < -0.3 is 4.89 Å². The van der Waals surface area contributed by atoms with Crippen molar-refractivity contribution in [3.63, 3.8) is 0 Å². The largest absolute Gasteiger partial charge is 0.346 e. The van der Waals surface area contributed by atoms with Gasteiger partial charge in [-0.15, -0.1) is 0 Å². The Kier molecular flexibility index (Phi) is 4.75. The first kappa shape index (κ1) is 15.7. The zero-order chi connectivity index (χ0) is 14.7. The van der Waals surface area contributed by atoms with E-state index in [2.05, 4.69) is 25.7 Å². The number of carbonyl (C=O) groups is 1. The molecule has 0 amide bonds. The van der Waals surface area contributed by atoms with Gasteiger partial charge in [0.15, 0.2) is 0 Å². The molecule has 1 N–H and O–H groups in total. The van der Waals surface area contributed by atoms with Gasteiger partial charge in [-0.3, -0.25) is 0 Å². The van der Waals surface area contributed by atoms with Crippen LogP contribution >= 0.6 is 0 Å². The van der Waals surface area contributed by atoms with E-state index in [1.165, 1.54) is 0 Å². The lowest BCUT2D eigenvalue weighted by molar-refractivity contribution is -0.242. The first-order chi connectivity index (χ1) is 8.68. The summed E-state index contributed by atoms with van der Waals surface area (Å²) in [7, 11) is 0. The van der Waals surface area contributed by atoms with Crippen molar-refractivity contribution in [3.05, 3.63) is 35.9 Å². The summed E-state index contributed by atoms with van der Waals surface area (Å²) < 4.78 is 0. The predicted molar refractivity (Wildman–Crippen MR) is 75.8 cm³/mol. The van der Waals surface area contributed by atoms with Crippen LogP contribution in [0.4, 0.5) is 0 Å². The summed E-state index contributed by atoms with van der Waals surface area (Å²) in [5.41, 5.74) is 0.647. The van der Waals surface area contributed by atoms with Crippen LogP contribution in [0, 0.1) is 11.3 Å². The fourth-order valence-electron chi connectivity index (χ4n) is 2.38. The Morgan fingerprint density at radius 3 is 2.11 bits per heavy atom. The highest BCUT2D eigenvalue weighted by molar-refractivity contribution is 5.74. The van der Waals surface area contributed by atoms with E-state index in [1.54, 1.807) is 0 Å². The van der Waals surface area contributed by atoms with Gasteiger partial charge in [-0.2, -0.15) is 5.26 Å². The van der Waals surface area contributed by atoms with Crippen molar-refractivity contribution in [3.8, 4) is 0 Å². The average Bonchev–Trinajstić information content (AvgIpc) is 2.35. The monoisotopic (exact) mass is 264 g/mol. The lowest BCUT2D eigenvalue weighted by atomic mass is 9.68. The van der Waals surface area contributed by atoms with Gasteiger partial charge in [0, 0.05) is 5.41 Å². The van der Waals surface area contributed by atoms with Crippen LogP contribution in [0.1, 0.15) is 46.6 Å². The van der Waals surface area contributed by atoms with E-state index >= 15 is 0 Å². The summed E-state index contributed by atoms with van der Waals surface area (Å²) in [5, 5.41) is 8.76. The summed E-state index contributed by atoms with van der Waals surface area (Å²) in [6.45, 7) is 10.2. The minimum absolute atomic E-state index is 0.0229. The maximum absolute atomic E-state index is 11.9. The summed E-state index contributed by atoms with van der Waals surface area (Å²) in [4.78, 5) is 16.0. The molecule has 1 atom stereocenters. The van der Waals surface area contributed by atoms with Crippen molar-refractivity contribution >= 4 is 5.97 Å². The number of hydrogen-bond acceptors (Lipinski definition) is 3. The van der Waals surface area contributed by atoms with Crippen molar-refractivity contribution in [2.24, 2.45) is 11.3 Å². The zero-order valence-corrected chi connectivity index (χ0v) is 12.4. The van der Waals surface area contributed by atoms with Gasteiger partial charge in [0.1, 0.15) is 0 Å². The highest BCUT2D eigenvalue weighted by Gasteiger charge is 2.40. The number of benzene rings is 1. The van der Waals surface area contributed by atoms with Gasteiger partial charge in [-0.05, 0) is 17.4 Å². The van der Waals surface area contributed by atoms with Crippen molar-refractivity contribution in [2.45, 2.75) is 46.5 Å². The standard InChI is InChI=1S/C16H24O3/c1-15(2,3)11-13(14(17)19-18)16(4,5)12-9-7-6-8-10-12/h6-10,13,18H,11H2,1-5H3. The molecular formula is C16H24O3. The third-order valence-corrected chi connectivity index (χ3v) is 3.58. The Labute approximate surface area is 115 Å². The maximum atomic E-state index is 11.9. The molecule has 3 heteroatoms. The molecule has 0 saturated heterocycles. The summed E-state index contributed by atoms with van der Waals surface area (Å²) in [6, 6.07) is 9.86. The van der Waals surface area contributed by atoms with Gasteiger partial charge in [0.2, 0.25) is 0 Å². The Hall–Kier alpha value is -1.35. The van der Waals surface area contributed by atoms with Gasteiger partial charge >= 0.3 is 5.97 Å². The van der Waals surface area contributed by atoms with Crippen molar-refractivity contribution in [1.29, 1.82) is 0 Å². The number of rotatable bonds is 4. The topological polar surface area (TPSA) is 46.5 Å². The number of hydrogen-bond donors (Lipinski definition) is 1. The molecule has 0 radical (unpaired) electrons. The summed E-state index contributed by atoms with van der Waals surface area (Å²) >= 11 is 0. The van der Waals surface area contributed by atoms with Crippen LogP contribution in [0.25, 0.3) is 0 Å². The van der Waals surface area contributed by atoms with Crippen molar-refractivity contribution < 1.29 is 14.9 Å². The molecule has 0 fully saturated rings. The third-order valence-electron chi connectivity index (χ3n) is 3.58. The van der Waals surface area contributed by atoms with Crippen LogP contribution in [-0.2, 0) is 15.1 Å². The molecule has 1 aromatic carbocycles. The molecule has 0 bridgehead atoms. The molecule has 106 valence electrons. The van der Waals surface area contributed by atoms with E-state index in [0.717, 1.165) is 5.56 Å². The molecule has 0 heterocycles. The van der Waals surface area contributed by atoms with Gasteiger partial charge in [-0.1, -0.05) is 65.0 Å². The molecular weight excluding hydrogens is 240 g/mol. The van der Waals surface area contributed by atoms with Crippen LogP contribution in [0.15, 0.2) is 30.3 Å². The molecule has 19 heavy (non-hydrogen) atoms. The van der Waals surface area contributed by atoms with Gasteiger partial charge in [-0.25, -0.2) is 4.79 Å². The fourth-order valence-corrected chi connectivity index (χ4v) is 2.38. The third kappa shape index (κ3) is 4.06. The van der Waals surface area contributed by atoms with E-state index in [9.17, 15) is 4.79 Å². The van der Waals surface area contributed by atoms with Crippen LogP contribution in [0.5, 0.6) is 0 Å². The molecule has 1 unspecified atom stereocenters. The van der Waals surface area contributed by atoms with Crippen LogP contribution in [0.3, 0.4) is 0 Å². The lowest BCUT2D eigenvalue weighted by Gasteiger charge is -2.36. The average molecular weight is 264 g/mol. The van der Waals surface area contributed by atoms with E-state index in [-0.39, 0.29) is 11.3 Å². The minimum Gasteiger partial charge on any atom is -0.301 e. The van der Waals surface area contributed by atoms with E-state index in [0.29, 0.717) is 6.42 Å². The minimum atomic E-state index is -0.566. The Morgan fingerprint density at radius 2 is 1.68 bits per heavy atom. The Morgan fingerprint density at radius 1 is 1.16 bits per heavy atom. The summed E-state index contributed by atoms with van der Waals surface area (Å²) in [6.07, 6.45) is 0.647. The predicted octanol–water partition coefficient (Wildman–Crippen LogP) is 4.03. The molecule has 0 spiro atoms. The first-order valence-electron chi connectivity index (χ1n) is 6.59. The van der Waals surface area contributed by atoms with Gasteiger partial charge in [0.25, 0.3) is 0 Å². The van der Waals surface area contributed by atoms with E-state index in [1.807, 2.05) is 44.2 Å². The molecule has 1 rings (SSSR count). The second kappa shape index (κ2) is 5.74. The smallest absolute Gasteiger partial charge is 0.301 e. The quantitative estimate of drug-likeness (QED) is 0.659. The molecule has 3 nitrogen and oxygen atoms in total. The van der Waals surface area contributed by atoms with Crippen LogP contribution in [-0.4, -0.2) is 11.2 Å². The molecule has 0 aliphatic rings. The van der Waals surface area contributed by atoms with E-state index < -0.39 is 11.4 Å². The number of carbonyl (C=O) groups excluding carboxylic acids is 1.